The van der Waals surface area contributed by atoms with E-state index < -0.39 is 19.5 Å². The van der Waals surface area contributed by atoms with E-state index in [1.807, 2.05) is 30.3 Å². The van der Waals surface area contributed by atoms with Crippen LogP contribution in [-0.2, 0) is 29.8 Å². The molecule has 128 valence electrons. The predicted octanol–water partition coefficient (Wildman–Crippen LogP) is 3.09. The molecule has 0 aliphatic heterocycles. The van der Waals surface area contributed by atoms with Crippen LogP contribution in [0.5, 0.6) is 0 Å². The molecule has 0 heterocycles. The molecule has 0 fully saturated rings. The molecule has 7 nitrogen and oxygen atoms in total. The van der Waals surface area contributed by atoms with Crippen LogP contribution in [-0.4, -0.2) is 31.4 Å². The molecular weight excluding hydrogens is 321 g/mol. The fraction of sp³-hybridized carbons (Fsp3) is 0.467. The van der Waals surface area contributed by atoms with Gasteiger partial charge >= 0.3 is 13.7 Å². The Balaban J connectivity index is 2.68. The van der Waals surface area contributed by atoms with Crippen LogP contribution in [0.25, 0.3) is 0 Å². The molecule has 0 saturated carbocycles. The number of hydrogen-bond donors (Lipinski definition) is 1. The van der Waals surface area contributed by atoms with E-state index in [0.717, 1.165) is 5.56 Å². The van der Waals surface area contributed by atoms with E-state index in [1.165, 1.54) is 0 Å². The molecule has 0 radical (unpaired) electrons. The molecule has 1 aromatic carbocycles. The van der Waals surface area contributed by atoms with Gasteiger partial charge in [0.25, 0.3) is 0 Å². The van der Waals surface area contributed by atoms with Gasteiger partial charge in [-0.2, -0.15) is 0 Å². The molecular formula is C15H22NO6P. The molecule has 8 heteroatoms. The number of hydrogen-bond acceptors (Lipinski definition) is 6. The van der Waals surface area contributed by atoms with Crippen LogP contribution in [0.2, 0.25) is 0 Å². The van der Waals surface area contributed by atoms with Gasteiger partial charge in [-0.25, -0.2) is 4.79 Å². The molecule has 1 amide bonds. The minimum absolute atomic E-state index is 0.0635. The SMILES string of the molecule is CCOP(=O)(OCC)[C@@H](CC=O)NC(=O)OCc1ccccc1. The smallest absolute Gasteiger partial charge is 0.408 e. The quantitative estimate of drug-likeness (QED) is 0.518. The number of amides is 1. The van der Waals surface area contributed by atoms with E-state index >= 15 is 0 Å². The van der Waals surface area contributed by atoms with Crippen LogP contribution in [0.4, 0.5) is 4.79 Å². The lowest BCUT2D eigenvalue weighted by Gasteiger charge is -2.25. The third-order valence-electron chi connectivity index (χ3n) is 2.82. The molecule has 23 heavy (non-hydrogen) atoms. The van der Waals surface area contributed by atoms with Gasteiger partial charge in [0.2, 0.25) is 0 Å². The molecule has 1 rings (SSSR count). The van der Waals surface area contributed by atoms with E-state index in [1.54, 1.807) is 13.8 Å². The number of nitrogens with one attached hydrogen (secondary N) is 1. The second-order valence-corrected chi connectivity index (χ2v) is 6.72. The summed E-state index contributed by atoms with van der Waals surface area (Å²) in [5, 5.41) is 2.39. The van der Waals surface area contributed by atoms with Gasteiger partial charge in [0.1, 0.15) is 18.7 Å². The molecule has 0 unspecified atom stereocenters. The Morgan fingerprint density at radius 3 is 2.35 bits per heavy atom. The Morgan fingerprint density at radius 1 is 1.22 bits per heavy atom. The highest BCUT2D eigenvalue weighted by molar-refractivity contribution is 7.54. The Kier molecular flexibility index (Phi) is 8.55. The minimum Gasteiger partial charge on any atom is -0.445 e. The highest BCUT2D eigenvalue weighted by Crippen LogP contribution is 2.52. The zero-order valence-corrected chi connectivity index (χ0v) is 14.2. The zero-order valence-electron chi connectivity index (χ0n) is 13.3. The van der Waals surface area contributed by atoms with E-state index in [9.17, 15) is 14.2 Å². The topological polar surface area (TPSA) is 90.9 Å². The van der Waals surface area contributed by atoms with Crippen LogP contribution in [0.1, 0.15) is 25.8 Å². The summed E-state index contributed by atoms with van der Waals surface area (Å²) in [6.45, 7) is 3.63. The van der Waals surface area contributed by atoms with Gasteiger partial charge < -0.3 is 23.9 Å². The number of ether oxygens (including phenoxy) is 1. The fourth-order valence-corrected chi connectivity index (χ4v) is 3.60. The number of rotatable bonds is 10. The standard InChI is InChI=1S/C15H22NO6P/c1-3-21-23(19,22-4-2)14(10-11-17)16-15(18)20-12-13-8-6-5-7-9-13/h5-9,11,14H,3-4,10,12H2,1-2H3,(H,16,18)/t14-/m0/s1. The minimum atomic E-state index is -3.64. The van der Waals surface area contributed by atoms with Crippen LogP contribution in [0, 0.1) is 0 Å². The predicted molar refractivity (Wildman–Crippen MR) is 85.1 cm³/mol. The first-order chi connectivity index (χ1) is 11.1. The monoisotopic (exact) mass is 343 g/mol. The summed E-state index contributed by atoms with van der Waals surface area (Å²) in [4.78, 5) is 22.7. The van der Waals surface area contributed by atoms with Gasteiger partial charge in [0, 0.05) is 6.42 Å². The number of carbonyl (C=O) groups is 2. The summed E-state index contributed by atoms with van der Waals surface area (Å²) >= 11 is 0. The van der Waals surface area contributed by atoms with Crippen LogP contribution in [0.3, 0.4) is 0 Å². The molecule has 1 atom stereocenters. The summed E-state index contributed by atoms with van der Waals surface area (Å²) in [5.74, 6) is -1.08. The van der Waals surface area contributed by atoms with Gasteiger partial charge in [0.05, 0.1) is 13.2 Å². The second-order valence-electron chi connectivity index (χ2n) is 4.50. The van der Waals surface area contributed by atoms with Crippen LogP contribution in [0.15, 0.2) is 30.3 Å². The summed E-state index contributed by atoms with van der Waals surface area (Å²) < 4.78 is 28.0. The lowest BCUT2D eigenvalue weighted by molar-refractivity contribution is -0.108. The Labute approximate surface area is 135 Å². The third kappa shape index (κ3) is 6.52. The highest BCUT2D eigenvalue weighted by Gasteiger charge is 2.36. The van der Waals surface area contributed by atoms with Gasteiger partial charge in [0.15, 0.2) is 0 Å². The molecule has 0 spiro atoms. The molecule has 0 aliphatic rings. The van der Waals surface area contributed by atoms with Crippen molar-refractivity contribution in [3.8, 4) is 0 Å². The summed E-state index contributed by atoms with van der Waals surface area (Å²) in [6.07, 6.45) is -0.440. The van der Waals surface area contributed by atoms with Crippen LogP contribution < -0.4 is 5.32 Å². The first kappa shape index (κ1) is 19.4. The van der Waals surface area contributed by atoms with Crippen molar-refractivity contribution in [2.45, 2.75) is 32.7 Å². The number of carbonyl (C=O) groups excluding carboxylic acids is 2. The molecule has 0 aliphatic carbocycles. The molecule has 1 N–H and O–H groups in total. The maximum atomic E-state index is 12.6. The average molecular weight is 343 g/mol. The van der Waals surface area contributed by atoms with Gasteiger partial charge in [-0.3, -0.25) is 4.57 Å². The summed E-state index contributed by atoms with van der Waals surface area (Å²) in [6, 6.07) is 9.11. The maximum absolute atomic E-state index is 12.6. The number of alkyl carbamates (subject to hydrolysis) is 1. The second kappa shape index (κ2) is 10.2. The van der Waals surface area contributed by atoms with Crippen LogP contribution >= 0.6 is 7.60 Å². The lowest BCUT2D eigenvalue weighted by atomic mass is 10.2. The molecule has 1 aromatic rings. The van der Waals surface area contributed by atoms with E-state index in [2.05, 4.69) is 5.32 Å². The van der Waals surface area contributed by atoms with Gasteiger partial charge in [-0.05, 0) is 19.4 Å². The summed E-state index contributed by atoms with van der Waals surface area (Å²) in [5.41, 5.74) is 0.812. The van der Waals surface area contributed by atoms with Crippen molar-refractivity contribution in [3.63, 3.8) is 0 Å². The van der Waals surface area contributed by atoms with Crippen molar-refractivity contribution in [1.29, 1.82) is 0 Å². The van der Waals surface area contributed by atoms with E-state index in [4.69, 9.17) is 13.8 Å². The van der Waals surface area contributed by atoms with Crippen molar-refractivity contribution in [3.05, 3.63) is 35.9 Å². The first-order valence-electron chi connectivity index (χ1n) is 7.35. The van der Waals surface area contributed by atoms with Crippen molar-refractivity contribution < 1.29 is 27.9 Å². The Hall–Kier alpha value is -1.69. The Morgan fingerprint density at radius 2 is 1.83 bits per heavy atom. The van der Waals surface area contributed by atoms with E-state index in [0.29, 0.717) is 6.29 Å². The Bertz CT molecular complexity index is 526. The third-order valence-corrected chi connectivity index (χ3v) is 5.16. The van der Waals surface area contributed by atoms with Crippen molar-refractivity contribution in [2.24, 2.45) is 0 Å². The normalized spacial score (nSPS) is 12.4. The highest BCUT2D eigenvalue weighted by atomic mass is 31.2. The maximum Gasteiger partial charge on any atom is 0.408 e. The number of aldehydes is 1. The van der Waals surface area contributed by atoms with Crippen molar-refractivity contribution in [1.82, 2.24) is 5.32 Å². The largest absolute Gasteiger partial charge is 0.445 e. The fourth-order valence-electron chi connectivity index (χ4n) is 1.84. The van der Waals surface area contributed by atoms with Gasteiger partial charge in [-0.1, -0.05) is 30.3 Å². The summed E-state index contributed by atoms with van der Waals surface area (Å²) in [7, 11) is -3.64. The van der Waals surface area contributed by atoms with Crippen molar-refractivity contribution >= 4 is 20.0 Å². The molecule has 0 bridgehead atoms. The zero-order chi connectivity index (χ0) is 17.1. The first-order valence-corrected chi connectivity index (χ1v) is 8.96. The number of benzene rings is 1. The molecule has 0 saturated heterocycles. The average Bonchev–Trinajstić information content (AvgIpc) is 2.54. The molecule has 0 aromatic heterocycles. The van der Waals surface area contributed by atoms with Gasteiger partial charge in [-0.15, -0.1) is 0 Å². The lowest BCUT2D eigenvalue weighted by Crippen LogP contribution is -2.36. The van der Waals surface area contributed by atoms with Crippen molar-refractivity contribution in [2.75, 3.05) is 13.2 Å². The van der Waals surface area contributed by atoms with E-state index in [-0.39, 0.29) is 26.2 Å².